The van der Waals surface area contributed by atoms with Gasteiger partial charge in [-0.15, -0.1) is 0 Å². The van der Waals surface area contributed by atoms with Crippen molar-refractivity contribution in [1.29, 1.82) is 0 Å². The third-order valence-corrected chi connectivity index (χ3v) is 2.76. The molecule has 0 saturated carbocycles. The molecule has 0 bridgehead atoms. The topological polar surface area (TPSA) is 56.7 Å². The van der Waals surface area contributed by atoms with Gasteiger partial charge in [0.1, 0.15) is 5.15 Å². The van der Waals surface area contributed by atoms with Crippen molar-refractivity contribution in [2.75, 3.05) is 5.73 Å². The summed E-state index contributed by atoms with van der Waals surface area (Å²) in [4.78, 5) is 4.04. The summed E-state index contributed by atoms with van der Waals surface area (Å²) in [6.45, 7) is 0. The van der Waals surface area contributed by atoms with Crippen LogP contribution >= 0.6 is 27.5 Å². The molecule has 0 radical (unpaired) electrons. The minimum Gasteiger partial charge on any atom is -0.396 e. The molecule has 2 aromatic rings. The molecule has 0 aliphatic carbocycles. The van der Waals surface area contributed by atoms with Crippen LogP contribution in [0.2, 0.25) is 5.15 Å². The van der Waals surface area contributed by atoms with E-state index in [2.05, 4.69) is 26.0 Å². The van der Waals surface area contributed by atoms with Crippen LogP contribution in [-0.4, -0.2) is 14.8 Å². The van der Waals surface area contributed by atoms with E-state index in [1.807, 2.05) is 13.1 Å². The fraction of sp³-hybridized carbons (Fsp3) is 0.111. The second-order valence-electron chi connectivity index (χ2n) is 3.06. The fourth-order valence-corrected chi connectivity index (χ4v) is 1.90. The first-order valence-electron chi connectivity index (χ1n) is 4.18. The maximum atomic E-state index is 6.00. The van der Waals surface area contributed by atoms with Crippen LogP contribution in [0.25, 0.3) is 11.3 Å². The first-order chi connectivity index (χ1) is 7.09. The Morgan fingerprint density at radius 3 is 2.80 bits per heavy atom. The highest BCUT2D eigenvalue weighted by molar-refractivity contribution is 9.10. The van der Waals surface area contributed by atoms with Gasteiger partial charge in [-0.05, 0) is 22.0 Å². The summed E-state index contributed by atoms with van der Waals surface area (Å²) in [5, 5.41) is 4.46. The molecule has 0 spiro atoms. The van der Waals surface area contributed by atoms with Gasteiger partial charge in [0.05, 0.1) is 17.6 Å². The van der Waals surface area contributed by atoms with Gasteiger partial charge >= 0.3 is 0 Å². The van der Waals surface area contributed by atoms with Crippen LogP contribution < -0.4 is 5.73 Å². The zero-order valence-electron chi connectivity index (χ0n) is 7.91. The number of halogens is 2. The molecule has 0 aliphatic rings. The zero-order chi connectivity index (χ0) is 11.0. The summed E-state index contributed by atoms with van der Waals surface area (Å²) in [6.07, 6.45) is 3.23. The second kappa shape index (κ2) is 3.83. The lowest BCUT2D eigenvalue weighted by Crippen LogP contribution is -1.97. The van der Waals surface area contributed by atoms with Crippen molar-refractivity contribution in [3.05, 3.63) is 28.1 Å². The highest BCUT2D eigenvalue weighted by Crippen LogP contribution is 2.31. The molecule has 6 heteroatoms. The first kappa shape index (κ1) is 10.4. The number of aromatic nitrogens is 3. The van der Waals surface area contributed by atoms with E-state index in [0.29, 0.717) is 10.8 Å². The van der Waals surface area contributed by atoms with Crippen LogP contribution in [0.15, 0.2) is 22.9 Å². The molecule has 0 fully saturated rings. The van der Waals surface area contributed by atoms with Crippen molar-refractivity contribution in [3.8, 4) is 11.3 Å². The van der Waals surface area contributed by atoms with Crippen LogP contribution in [0.3, 0.4) is 0 Å². The van der Waals surface area contributed by atoms with Gasteiger partial charge in [0, 0.05) is 23.3 Å². The number of hydrogen-bond donors (Lipinski definition) is 1. The molecule has 2 N–H and O–H groups in total. The van der Waals surface area contributed by atoms with Crippen molar-refractivity contribution in [3.63, 3.8) is 0 Å². The molecule has 2 aromatic heterocycles. The number of aryl methyl sites for hydroxylation is 1. The van der Waals surface area contributed by atoms with Gasteiger partial charge in [-0.25, -0.2) is 4.98 Å². The molecular weight excluding hydrogens is 279 g/mol. The summed E-state index contributed by atoms with van der Waals surface area (Å²) in [6, 6.07) is 1.86. The monoisotopic (exact) mass is 286 g/mol. The van der Waals surface area contributed by atoms with E-state index in [-0.39, 0.29) is 0 Å². The normalized spacial score (nSPS) is 10.6. The number of hydrogen-bond acceptors (Lipinski definition) is 3. The number of nitrogen functional groups attached to an aromatic ring is 1. The molecule has 0 aromatic carbocycles. The molecule has 0 unspecified atom stereocenters. The summed E-state index contributed by atoms with van der Waals surface area (Å²) in [5.41, 5.74) is 7.93. The van der Waals surface area contributed by atoms with E-state index in [4.69, 9.17) is 17.3 Å². The molecule has 15 heavy (non-hydrogen) atoms. The lowest BCUT2D eigenvalue weighted by atomic mass is 10.2. The smallest absolute Gasteiger partial charge is 0.138 e. The molecule has 4 nitrogen and oxygen atoms in total. The minimum atomic E-state index is 0.411. The Labute approximate surface area is 100 Å². The standard InChI is InChI=1S/C9H8BrClN4/c1-15-8(7(12)4-14-15)6-2-5(10)3-13-9(6)11/h2-4H,12H2,1H3. The number of anilines is 1. The third kappa shape index (κ3) is 1.85. The van der Waals surface area contributed by atoms with Gasteiger partial charge in [0.25, 0.3) is 0 Å². The van der Waals surface area contributed by atoms with Crippen LogP contribution in [-0.2, 0) is 7.05 Å². The highest BCUT2D eigenvalue weighted by Gasteiger charge is 2.13. The molecule has 78 valence electrons. The third-order valence-electron chi connectivity index (χ3n) is 2.03. The number of rotatable bonds is 1. The molecule has 0 saturated heterocycles. The molecule has 2 rings (SSSR count). The van der Waals surface area contributed by atoms with Crippen LogP contribution in [0.5, 0.6) is 0 Å². The van der Waals surface area contributed by atoms with E-state index in [1.165, 1.54) is 0 Å². The largest absolute Gasteiger partial charge is 0.396 e. The summed E-state index contributed by atoms with van der Waals surface area (Å²) in [5.74, 6) is 0. The predicted molar refractivity (Wildman–Crippen MR) is 63.6 cm³/mol. The summed E-state index contributed by atoms with van der Waals surface area (Å²) in [7, 11) is 1.81. The SMILES string of the molecule is Cn1ncc(N)c1-c1cc(Br)cnc1Cl. The van der Waals surface area contributed by atoms with E-state index < -0.39 is 0 Å². The minimum absolute atomic E-state index is 0.411. The lowest BCUT2D eigenvalue weighted by molar-refractivity contribution is 0.775. The quantitative estimate of drug-likeness (QED) is 0.820. The molecule has 0 amide bonds. The summed E-state index contributed by atoms with van der Waals surface area (Å²) < 4.78 is 2.52. The Balaban J connectivity index is 2.68. The second-order valence-corrected chi connectivity index (χ2v) is 4.34. The molecule has 2 heterocycles. The van der Waals surface area contributed by atoms with Crippen molar-refractivity contribution >= 4 is 33.2 Å². The zero-order valence-corrected chi connectivity index (χ0v) is 10.2. The maximum Gasteiger partial charge on any atom is 0.138 e. The maximum absolute atomic E-state index is 6.00. The van der Waals surface area contributed by atoms with Crippen LogP contribution in [0.1, 0.15) is 0 Å². The average Bonchev–Trinajstić information content (AvgIpc) is 2.51. The predicted octanol–water partition coefficient (Wildman–Crippen LogP) is 2.48. The number of pyridine rings is 1. The molecule has 0 atom stereocenters. The van der Waals surface area contributed by atoms with Crippen molar-refractivity contribution in [2.24, 2.45) is 7.05 Å². The van der Waals surface area contributed by atoms with Crippen molar-refractivity contribution in [1.82, 2.24) is 14.8 Å². The van der Waals surface area contributed by atoms with Gasteiger partial charge in [0.15, 0.2) is 0 Å². The number of nitrogens with two attached hydrogens (primary N) is 1. The Kier molecular flexibility index (Phi) is 2.67. The first-order valence-corrected chi connectivity index (χ1v) is 5.35. The van der Waals surface area contributed by atoms with Gasteiger partial charge in [-0.1, -0.05) is 11.6 Å². The highest BCUT2D eigenvalue weighted by atomic mass is 79.9. The van der Waals surface area contributed by atoms with E-state index in [1.54, 1.807) is 17.1 Å². The Bertz CT molecular complexity index is 489. The van der Waals surface area contributed by atoms with E-state index in [0.717, 1.165) is 15.7 Å². The summed E-state index contributed by atoms with van der Waals surface area (Å²) >= 11 is 9.34. The van der Waals surface area contributed by atoms with E-state index in [9.17, 15) is 0 Å². The van der Waals surface area contributed by atoms with Gasteiger partial charge < -0.3 is 5.73 Å². The number of nitrogens with zero attached hydrogens (tertiary/aromatic N) is 3. The fourth-order valence-electron chi connectivity index (χ4n) is 1.37. The average molecular weight is 288 g/mol. The van der Waals surface area contributed by atoms with Gasteiger partial charge in [-0.2, -0.15) is 5.10 Å². The molecular formula is C9H8BrClN4. The Morgan fingerprint density at radius 2 is 2.20 bits per heavy atom. The molecule has 0 aliphatic heterocycles. The van der Waals surface area contributed by atoms with Crippen LogP contribution in [0.4, 0.5) is 5.69 Å². The van der Waals surface area contributed by atoms with Crippen molar-refractivity contribution in [2.45, 2.75) is 0 Å². The Morgan fingerprint density at radius 1 is 1.47 bits per heavy atom. The van der Waals surface area contributed by atoms with Gasteiger partial charge in [0.2, 0.25) is 0 Å². The van der Waals surface area contributed by atoms with Crippen molar-refractivity contribution < 1.29 is 0 Å². The Hall–Kier alpha value is -1.07. The van der Waals surface area contributed by atoms with Crippen LogP contribution in [0, 0.1) is 0 Å². The lowest BCUT2D eigenvalue weighted by Gasteiger charge is -2.05. The van der Waals surface area contributed by atoms with Gasteiger partial charge in [-0.3, -0.25) is 4.68 Å². The van der Waals surface area contributed by atoms with E-state index >= 15 is 0 Å².